The zero-order chi connectivity index (χ0) is 39.3. The Balaban J connectivity index is 0.704. The molecule has 60 heavy (non-hydrogen) atoms. The molecule has 0 amide bonds. The van der Waals surface area contributed by atoms with E-state index in [2.05, 4.69) is 28.4 Å². The summed E-state index contributed by atoms with van der Waals surface area (Å²) >= 11 is 5.21. The van der Waals surface area contributed by atoms with Gasteiger partial charge in [0, 0.05) is 39.1 Å². The molecule has 2 saturated heterocycles. The van der Waals surface area contributed by atoms with Gasteiger partial charge in [0.05, 0.1) is 0 Å². The Kier molecular flexibility index (Phi) is 11.9. The third kappa shape index (κ3) is 7.19. The highest BCUT2D eigenvalue weighted by Crippen LogP contribution is 2.66. The fraction of sp³-hybridized carbons (Fsp3) is 1.00. The van der Waals surface area contributed by atoms with Crippen LogP contribution >= 0.6 is 23.5 Å². The molecule has 11 saturated carbocycles. The van der Waals surface area contributed by atoms with E-state index in [0.29, 0.717) is 0 Å². The fourth-order valence-electron chi connectivity index (χ4n) is 21.9. The largest absolute Gasteiger partial charge is 0.294 e. The number of hydrogen-bond acceptors (Lipinski definition) is 3. The second kappa shape index (κ2) is 17.4. The number of rotatable bonds is 5. The van der Waals surface area contributed by atoms with Gasteiger partial charge in [0.25, 0.3) is 0 Å². The molecular weight excluding hydrogens is 763 g/mol. The van der Waals surface area contributed by atoms with Crippen molar-refractivity contribution in [1.82, 2.24) is 4.90 Å². The lowest BCUT2D eigenvalue weighted by Crippen LogP contribution is -2.54. The van der Waals surface area contributed by atoms with Crippen LogP contribution in [0.15, 0.2) is 0 Å². The summed E-state index contributed by atoms with van der Waals surface area (Å²) in [6.07, 6.45) is 54.0. The summed E-state index contributed by atoms with van der Waals surface area (Å²) in [4.78, 5) is 3.45. The van der Waals surface area contributed by atoms with E-state index >= 15 is 0 Å². The maximum Gasteiger partial charge on any atom is 0.0123 e. The van der Waals surface area contributed by atoms with Crippen LogP contribution in [-0.2, 0) is 0 Å². The van der Waals surface area contributed by atoms with Crippen LogP contribution in [0, 0.1) is 94.7 Å². The zero-order valence-electron chi connectivity index (χ0n) is 38.6. The molecule has 19 atom stereocenters. The van der Waals surface area contributed by atoms with Crippen LogP contribution in [0.4, 0.5) is 0 Å². The summed E-state index contributed by atoms with van der Waals surface area (Å²) in [5, 5.41) is 4.19. The number of hydrogen-bond donors (Lipinski definition) is 0. The molecule has 19 unspecified atom stereocenters. The van der Waals surface area contributed by atoms with Crippen molar-refractivity contribution in [2.24, 2.45) is 94.7 Å². The minimum absolute atomic E-state index is 0.922. The Morgan fingerprint density at radius 1 is 0.250 bits per heavy atom. The summed E-state index contributed by atoms with van der Waals surface area (Å²) in [6.45, 7) is 0. The summed E-state index contributed by atoms with van der Waals surface area (Å²) < 4.78 is 0. The lowest BCUT2D eigenvalue weighted by Gasteiger charge is -2.55. The van der Waals surface area contributed by atoms with Crippen LogP contribution < -0.4 is 0 Å². The van der Waals surface area contributed by atoms with Crippen molar-refractivity contribution in [2.75, 3.05) is 0 Å². The van der Waals surface area contributed by atoms with Crippen molar-refractivity contribution in [3.8, 4) is 0 Å². The van der Waals surface area contributed by atoms with Gasteiger partial charge in [-0.1, -0.05) is 70.6 Å². The number of fused-ring (bicyclic) bond motifs is 13. The number of nitrogens with zero attached hydrogens (tertiary/aromatic N) is 1. The summed E-state index contributed by atoms with van der Waals surface area (Å²) in [5.74, 6) is 17.7. The molecule has 0 spiro atoms. The molecule has 13 aliphatic rings. The lowest BCUT2D eigenvalue weighted by atomic mass is 9.51. The second-order valence-electron chi connectivity index (χ2n) is 25.9. The number of thioether (sulfide) groups is 2. The predicted molar refractivity (Wildman–Crippen MR) is 256 cm³/mol. The standard InChI is InChI=1S/C57H91NS2/c1-3-12-43-37(10-1)32-39-33-42(28-29-45(39)43)58(41-26-22-36(23-27-41)52-34-38-11-2-4-13-44(38)47-14-5-6-15-48(47)52)40-24-20-35(21-25-40)46-17-9-18-49-50-30-31-54-55(57(50)60-56(46)49)51-16-7-8-19-53(51)59-54/h35-57H,1-34H2. The van der Waals surface area contributed by atoms with Gasteiger partial charge in [-0.2, -0.15) is 23.5 Å². The smallest absolute Gasteiger partial charge is 0.0123 e. The molecule has 2 heterocycles. The maximum atomic E-state index is 3.45. The van der Waals surface area contributed by atoms with Gasteiger partial charge >= 0.3 is 0 Å². The van der Waals surface area contributed by atoms with Crippen molar-refractivity contribution in [1.29, 1.82) is 0 Å². The summed E-state index contributed by atoms with van der Waals surface area (Å²) in [6, 6.07) is 2.78. The van der Waals surface area contributed by atoms with E-state index < -0.39 is 0 Å². The van der Waals surface area contributed by atoms with Crippen molar-refractivity contribution < 1.29 is 0 Å². The summed E-state index contributed by atoms with van der Waals surface area (Å²) in [5.41, 5.74) is 0. The first kappa shape index (κ1) is 40.9. The van der Waals surface area contributed by atoms with Gasteiger partial charge < -0.3 is 0 Å². The van der Waals surface area contributed by atoms with Gasteiger partial charge in [0.2, 0.25) is 0 Å². The van der Waals surface area contributed by atoms with E-state index in [1.54, 1.807) is 212 Å². The first-order valence-electron chi connectivity index (χ1n) is 28.8. The molecule has 0 bridgehead atoms. The minimum Gasteiger partial charge on any atom is -0.294 e. The van der Waals surface area contributed by atoms with Crippen molar-refractivity contribution in [3.05, 3.63) is 0 Å². The molecule has 0 radical (unpaired) electrons. The Morgan fingerprint density at radius 2 is 0.767 bits per heavy atom. The lowest BCUT2D eigenvalue weighted by molar-refractivity contribution is -0.0556. The quantitative estimate of drug-likeness (QED) is 0.271. The molecule has 1 nitrogen and oxygen atoms in total. The van der Waals surface area contributed by atoms with Gasteiger partial charge in [-0.3, -0.25) is 4.90 Å². The first-order chi connectivity index (χ1) is 29.7. The highest BCUT2D eigenvalue weighted by molar-refractivity contribution is 8.02. The molecule has 0 aromatic rings. The maximum absolute atomic E-state index is 3.45. The van der Waals surface area contributed by atoms with Crippen molar-refractivity contribution in [3.63, 3.8) is 0 Å². The van der Waals surface area contributed by atoms with E-state index in [0.717, 1.165) is 134 Å². The van der Waals surface area contributed by atoms with Crippen LogP contribution in [0.1, 0.15) is 218 Å². The molecule has 3 heteroatoms. The second-order valence-corrected chi connectivity index (χ2v) is 28.8. The van der Waals surface area contributed by atoms with Crippen molar-refractivity contribution >= 4 is 23.5 Å². The fourth-order valence-corrected chi connectivity index (χ4v) is 26.7. The van der Waals surface area contributed by atoms with E-state index in [-0.39, 0.29) is 0 Å². The minimum atomic E-state index is 0.922. The zero-order valence-corrected chi connectivity index (χ0v) is 40.2. The monoisotopic (exact) mass is 854 g/mol. The summed E-state index contributed by atoms with van der Waals surface area (Å²) in [7, 11) is 0. The third-order valence-corrected chi connectivity index (χ3v) is 27.8. The molecule has 2 aliphatic heterocycles. The van der Waals surface area contributed by atoms with Gasteiger partial charge in [-0.15, -0.1) is 0 Å². The normalized spacial score (nSPS) is 56.2. The van der Waals surface area contributed by atoms with Gasteiger partial charge in [-0.05, 0) is 242 Å². The van der Waals surface area contributed by atoms with Crippen LogP contribution in [0.3, 0.4) is 0 Å². The van der Waals surface area contributed by atoms with Gasteiger partial charge in [0.1, 0.15) is 0 Å². The van der Waals surface area contributed by atoms with E-state index in [9.17, 15) is 0 Å². The third-order valence-electron chi connectivity index (χ3n) is 24.0. The molecule has 336 valence electrons. The average molecular weight is 854 g/mol. The van der Waals surface area contributed by atoms with Crippen molar-refractivity contribution in [2.45, 2.75) is 257 Å². The Labute approximate surface area is 378 Å². The van der Waals surface area contributed by atoms with E-state index in [4.69, 9.17) is 0 Å². The van der Waals surface area contributed by atoms with Crippen LogP contribution in [-0.4, -0.2) is 44.0 Å². The molecule has 13 fully saturated rings. The highest BCUT2D eigenvalue weighted by atomic mass is 32.2. The topological polar surface area (TPSA) is 3.24 Å². The molecule has 0 N–H and O–H groups in total. The van der Waals surface area contributed by atoms with Crippen LogP contribution in [0.2, 0.25) is 0 Å². The Hall–Kier alpha value is 0.660. The highest BCUT2D eigenvalue weighted by Gasteiger charge is 2.60. The molecule has 0 aromatic heterocycles. The average Bonchev–Trinajstić information content (AvgIpc) is 4.00. The molecule has 0 aromatic carbocycles. The van der Waals surface area contributed by atoms with Gasteiger partial charge in [-0.25, -0.2) is 0 Å². The Bertz CT molecular complexity index is 1460. The SMILES string of the molecule is C1CCC2C(C1)CC1CC(N(C3CCC(C4CC5CCCCC5C5CCCCC45)CC3)C3CCC(C4CCCC5C6CCC7SC8CCCCC8C7C6SC45)CC3)CCC12. The van der Waals surface area contributed by atoms with Crippen LogP contribution in [0.25, 0.3) is 0 Å². The van der Waals surface area contributed by atoms with E-state index in [1.807, 2.05) is 0 Å². The van der Waals surface area contributed by atoms with Gasteiger partial charge in [0.15, 0.2) is 0 Å². The molecule has 11 aliphatic carbocycles. The molecule has 13 rings (SSSR count). The first-order valence-corrected chi connectivity index (χ1v) is 30.7. The predicted octanol–water partition coefficient (Wildman–Crippen LogP) is 15.6. The van der Waals surface area contributed by atoms with E-state index in [1.165, 1.54) is 6.42 Å². The Morgan fingerprint density at radius 3 is 1.52 bits per heavy atom. The molecular formula is C57H91NS2. The van der Waals surface area contributed by atoms with Crippen LogP contribution in [0.5, 0.6) is 0 Å².